The molecule has 6 heteroatoms. The maximum absolute atomic E-state index is 14.6. The lowest BCUT2D eigenvalue weighted by molar-refractivity contribution is -0.172. The average molecular weight is 785 g/mol. The molecule has 2 aromatic carbocycles. The average Bonchev–Trinajstić information content (AvgIpc) is 3.99. The van der Waals surface area contributed by atoms with Crippen molar-refractivity contribution in [3.63, 3.8) is 0 Å². The topological polar surface area (TPSA) is 110 Å². The van der Waals surface area contributed by atoms with Gasteiger partial charge in [-0.15, -0.1) is 0 Å². The number of benzene rings is 2. The molecule has 11 aliphatic carbocycles. The zero-order valence-corrected chi connectivity index (χ0v) is 35.7. The van der Waals surface area contributed by atoms with Crippen molar-refractivity contribution >= 4 is 11.8 Å². The fraction of sp³-hybridized carbons (Fsp3) is 0.731. The van der Waals surface area contributed by atoms with Crippen molar-refractivity contribution in [2.75, 3.05) is 13.1 Å². The van der Waals surface area contributed by atoms with Crippen LogP contribution < -0.4 is 22.1 Å². The molecule has 1 spiro atoms. The standard InChI is InChI=1S/C52H72N4O2/c1-47(2)38-20-48(21-39(47)23-50(22-38,31-48)45(57)55-42-16-8-33(29-53)9-17-42)37-14-12-35(13-15-37)44-28-52(44)40-24-49(36-6-4-3-5-7-36)25-41(52)27-51(26-40,32-49)46(58)56-43-18-10-34(30-54)11-19-43/h3-7,12-15,33-34,38-44H,8-11,16-32,53-54H2,1-2H3,(H,55,57)(H,56,58)/t33-,34-,38?,39?,40?,41?,42-,43-,44?,48?,49?,50?,51?,52?. The van der Waals surface area contributed by atoms with Crippen LogP contribution in [0.2, 0.25) is 0 Å². The molecular weight excluding hydrogens is 713 g/mol. The molecular formula is C52H72N4O2. The summed E-state index contributed by atoms with van der Waals surface area (Å²) in [5.41, 5.74) is 16.9. The maximum atomic E-state index is 14.6. The van der Waals surface area contributed by atoms with E-state index in [1.165, 1.54) is 48.8 Å². The number of nitrogens with two attached hydrogens (primary N) is 2. The third-order valence-electron chi connectivity index (χ3n) is 20.4. The van der Waals surface area contributed by atoms with Crippen molar-refractivity contribution < 1.29 is 9.59 Å². The summed E-state index contributed by atoms with van der Waals surface area (Å²) in [6.45, 7) is 6.57. The van der Waals surface area contributed by atoms with Crippen LogP contribution in [0.1, 0.15) is 158 Å². The van der Waals surface area contributed by atoms with Crippen LogP contribution in [0, 0.1) is 57.2 Å². The van der Waals surface area contributed by atoms with Gasteiger partial charge in [-0.25, -0.2) is 0 Å². The highest BCUT2D eigenvalue weighted by Gasteiger charge is 2.75. The Hall–Kier alpha value is -2.70. The molecule has 11 aliphatic rings. The van der Waals surface area contributed by atoms with Gasteiger partial charge in [0.15, 0.2) is 0 Å². The maximum Gasteiger partial charge on any atom is 0.226 e. The van der Waals surface area contributed by atoms with E-state index in [0.717, 1.165) is 103 Å². The second-order valence-corrected chi connectivity index (χ2v) is 23.4. The molecule has 312 valence electrons. The van der Waals surface area contributed by atoms with Crippen LogP contribution in [0.15, 0.2) is 54.6 Å². The molecule has 58 heavy (non-hydrogen) atoms. The second-order valence-electron chi connectivity index (χ2n) is 23.4. The van der Waals surface area contributed by atoms with Crippen LogP contribution in [0.25, 0.3) is 0 Å². The van der Waals surface area contributed by atoms with Gasteiger partial charge in [-0.1, -0.05) is 68.4 Å². The first-order chi connectivity index (χ1) is 27.9. The Balaban J connectivity index is 0.838. The Kier molecular flexibility index (Phi) is 8.83. The molecule has 5 atom stereocenters. The number of amides is 2. The van der Waals surface area contributed by atoms with E-state index in [9.17, 15) is 9.59 Å². The molecule has 0 heterocycles. The van der Waals surface area contributed by atoms with Crippen LogP contribution in [0.4, 0.5) is 0 Å². The normalized spacial score (nSPS) is 46.6. The molecule has 5 unspecified atom stereocenters. The van der Waals surface area contributed by atoms with E-state index in [2.05, 4.69) is 79.1 Å². The summed E-state index contributed by atoms with van der Waals surface area (Å²) in [4.78, 5) is 29.1. The molecule has 6 nitrogen and oxygen atoms in total. The number of nitrogens with one attached hydrogen (secondary N) is 2. The van der Waals surface area contributed by atoms with Gasteiger partial charge in [0.1, 0.15) is 0 Å². The molecule has 0 aromatic heterocycles. The third-order valence-corrected chi connectivity index (χ3v) is 20.4. The lowest BCUT2D eigenvalue weighted by atomic mass is 9.36. The van der Waals surface area contributed by atoms with Gasteiger partial charge < -0.3 is 22.1 Å². The van der Waals surface area contributed by atoms with Gasteiger partial charge >= 0.3 is 0 Å². The highest BCUT2D eigenvalue weighted by Crippen LogP contribution is 2.82. The van der Waals surface area contributed by atoms with Crippen molar-refractivity contribution in [2.45, 2.75) is 165 Å². The number of carbonyl (C=O) groups is 2. The monoisotopic (exact) mass is 785 g/mol. The number of carbonyl (C=O) groups excluding carboxylic acids is 2. The minimum atomic E-state index is -0.243. The van der Waals surface area contributed by atoms with E-state index in [4.69, 9.17) is 11.5 Å². The summed E-state index contributed by atoms with van der Waals surface area (Å²) in [6.07, 6.45) is 21.4. The van der Waals surface area contributed by atoms with Crippen molar-refractivity contribution in [3.05, 3.63) is 71.3 Å². The van der Waals surface area contributed by atoms with Gasteiger partial charge in [0.2, 0.25) is 11.8 Å². The predicted octanol–water partition coefficient (Wildman–Crippen LogP) is 9.05. The zero-order valence-electron chi connectivity index (χ0n) is 35.7. The van der Waals surface area contributed by atoms with Crippen LogP contribution >= 0.6 is 0 Å². The van der Waals surface area contributed by atoms with E-state index in [1.54, 1.807) is 0 Å². The summed E-state index contributed by atoms with van der Waals surface area (Å²) in [6, 6.07) is 22.1. The van der Waals surface area contributed by atoms with E-state index in [0.29, 0.717) is 76.2 Å². The van der Waals surface area contributed by atoms with Gasteiger partial charge in [-0.05, 0) is 215 Å². The van der Waals surface area contributed by atoms with Crippen LogP contribution in [0.3, 0.4) is 0 Å². The Bertz CT molecular complexity index is 1870. The minimum absolute atomic E-state index is 0.101. The van der Waals surface area contributed by atoms with Crippen molar-refractivity contribution in [1.82, 2.24) is 10.6 Å². The molecule has 2 amide bonds. The SMILES string of the molecule is CC1(C)C2CC3(C(=O)N[C@H]4CC[C@H](CN)CC4)CC1CC(c1ccc(C4CC45C4CC6(C(=O)N[C@H]7CC[C@H](CN)CC7)CC5CC(c5ccccc5)(C4)C6)cc1)(C2)C3. The Morgan fingerprint density at radius 3 is 1.45 bits per heavy atom. The van der Waals surface area contributed by atoms with Gasteiger partial charge in [0.05, 0.1) is 10.8 Å². The molecule has 13 rings (SSSR count). The van der Waals surface area contributed by atoms with Crippen molar-refractivity contribution in [2.24, 2.45) is 68.6 Å². The van der Waals surface area contributed by atoms with Crippen LogP contribution in [-0.4, -0.2) is 37.0 Å². The van der Waals surface area contributed by atoms with E-state index >= 15 is 0 Å². The zero-order chi connectivity index (χ0) is 39.7. The lowest BCUT2D eigenvalue weighted by Gasteiger charge is -2.67. The summed E-state index contributed by atoms with van der Waals surface area (Å²) < 4.78 is 0. The Morgan fingerprint density at radius 1 is 0.552 bits per heavy atom. The van der Waals surface area contributed by atoms with Gasteiger partial charge in [0.25, 0.3) is 0 Å². The number of rotatable bonds is 9. The van der Waals surface area contributed by atoms with Crippen LogP contribution in [0.5, 0.6) is 0 Å². The molecule has 0 saturated heterocycles. The second kappa shape index (κ2) is 13.4. The fourth-order valence-corrected chi connectivity index (χ4v) is 17.2. The van der Waals surface area contributed by atoms with Crippen molar-refractivity contribution in [1.29, 1.82) is 0 Å². The fourth-order valence-electron chi connectivity index (χ4n) is 17.2. The molecule has 8 bridgehead atoms. The summed E-state index contributed by atoms with van der Waals surface area (Å²) >= 11 is 0. The third kappa shape index (κ3) is 5.67. The molecule has 2 aromatic rings. The van der Waals surface area contributed by atoms with Crippen LogP contribution in [-0.2, 0) is 20.4 Å². The smallest absolute Gasteiger partial charge is 0.226 e. The Labute approximate surface area is 348 Å². The van der Waals surface area contributed by atoms with Gasteiger partial charge in [0, 0.05) is 12.1 Å². The molecule has 11 saturated carbocycles. The highest BCUT2D eigenvalue weighted by atomic mass is 16.2. The number of hydrogen-bond acceptors (Lipinski definition) is 4. The first-order valence-electron chi connectivity index (χ1n) is 24.1. The molecule has 0 aliphatic heterocycles. The highest BCUT2D eigenvalue weighted by molar-refractivity contribution is 5.85. The quantitative estimate of drug-likeness (QED) is 0.204. The molecule has 6 N–H and O–H groups in total. The number of hydrogen-bond donors (Lipinski definition) is 4. The van der Waals surface area contributed by atoms with Crippen molar-refractivity contribution in [3.8, 4) is 0 Å². The van der Waals surface area contributed by atoms with E-state index in [1.807, 2.05) is 0 Å². The van der Waals surface area contributed by atoms with E-state index < -0.39 is 0 Å². The summed E-state index contributed by atoms with van der Waals surface area (Å²) in [5, 5.41) is 7.31. The largest absolute Gasteiger partial charge is 0.353 e. The van der Waals surface area contributed by atoms with Gasteiger partial charge in [-0.2, -0.15) is 0 Å². The Morgan fingerprint density at radius 2 is 0.983 bits per heavy atom. The molecule has 11 fully saturated rings. The first-order valence-corrected chi connectivity index (χ1v) is 24.1. The first kappa shape index (κ1) is 38.2. The van der Waals surface area contributed by atoms with Gasteiger partial charge in [-0.3, -0.25) is 9.59 Å². The lowest BCUT2D eigenvalue weighted by Crippen LogP contribution is -2.64. The summed E-state index contributed by atoms with van der Waals surface area (Å²) in [7, 11) is 0. The minimum Gasteiger partial charge on any atom is -0.353 e. The molecule has 0 radical (unpaired) electrons. The predicted molar refractivity (Wildman–Crippen MR) is 231 cm³/mol. The summed E-state index contributed by atoms with van der Waals surface area (Å²) in [5.74, 6) is 4.95. The van der Waals surface area contributed by atoms with E-state index in [-0.39, 0.29) is 21.7 Å².